The van der Waals surface area contributed by atoms with E-state index in [4.69, 9.17) is 0 Å². The van der Waals surface area contributed by atoms with Crippen molar-refractivity contribution >= 4 is 17.6 Å². The molecule has 2 aromatic rings. The average Bonchev–Trinajstić information content (AvgIpc) is 3.13. The fourth-order valence-corrected chi connectivity index (χ4v) is 3.25. The van der Waals surface area contributed by atoms with Gasteiger partial charge in [-0.2, -0.15) is 0 Å². The van der Waals surface area contributed by atoms with Gasteiger partial charge in [0.1, 0.15) is 0 Å². The van der Waals surface area contributed by atoms with Crippen LogP contribution in [0, 0.1) is 12.8 Å². The molecular weight excluding hydrogens is 326 g/mol. The van der Waals surface area contributed by atoms with Crippen molar-refractivity contribution in [2.45, 2.75) is 20.3 Å². The summed E-state index contributed by atoms with van der Waals surface area (Å²) in [6.07, 6.45) is 0.714. The van der Waals surface area contributed by atoms with Crippen LogP contribution in [0.2, 0.25) is 0 Å². The monoisotopic (exact) mass is 351 g/mol. The molecule has 0 radical (unpaired) electrons. The molecule has 0 aromatic heterocycles. The van der Waals surface area contributed by atoms with Gasteiger partial charge in [0.05, 0.1) is 5.92 Å². The highest BCUT2D eigenvalue weighted by atomic mass is 16.2. The van der Waals surface area contributed by atoms with Crippen molar-refractivity contribution in [2.24, 2.45) is 5.92 Å². The van der Waals surface area contributed by atoms with Crippen molar-refractivity contribution in [1.29, 1.82) is 0 Å². The summed E-state index contributed by atoms with van der Waals surface area (Å²) < 4.78 is 0. The lowest BCUT2D eigenvalue weighted by atomic mass is 10.0. The molecule has 26 heavy (non-hydrogen) atoms. The van der Waals surface area contributed by atoms with Gasteiger partial charge in [-0.25, -0.2) is 4.79 Å². The first-order valence-corrected chi connectivity index (χ1v) is 9.07. The number of nitrogens with one attached hydrogen (secondary N) is 2. The second-order valence-corrected chi connectivity index (χ2v) is 6.70. The Kier molecular flexibility index (Phi) is 5.56. The first-order chi connectivity index (χ1) is 12.6. The summed E-state index contributed by atoms with van der Waals surface area (Å²) in [6, 6.07) is 16.0. The molecule has 2 aromatic carbocycles. The molecule has 0 spiro atoms. The number of amides is 3. The Morgan fingerprint density at radius 2 is 1.88 bits per heavy atom. The lowest BCUT2D eigenvalue weighted by Gasteiger charge is -2.17. The number of likely N-dealkylation sites (tertiary alicyclic amines) is 1. The van der Waals surface area contributed by atoms with E-state index in [2.05, 4.69) is 35.8 Å². The number of nitrogens with zero attached hydrogens (tertiary/aromatic N) is 1. The zero-order chi connectivity index (χ0) is 18.5. The second-order valence-electron chi connectivity index (χ2n) is 6.70. The first kappa shape index (κ1) is 18.0. The number of benzene rings is 2. The Hall–Kier alpha value is -2.82. The minimum Gasteiger partial charge on any atom is -0.356 e. The van der Waals surface area contributed by atoms with E-state index in [1.807, 2.05) is 37.3 Å². The Morgan fingerprint density at radius 3 is 2.58 bits per heavy atom. The molecular formula is C21H25N3O2. The van der Waals surface area contributed by atoms with Gasteiger partial charge < -0.3 is 15.5 Å². The third-order valence-electron chi connectivity index (χ3n) is 4.68. The van der Waals surface area contributed by atoms with Crippen LogP contribution < -0.4 is 10.6 Å². The second kappa shape index (κ2) is 8.04. The summed E-state index contributed by atoms with van der Waals surface area (Å²) in [5, 5.41) is 5.75. The average molecular weight is 351 g/mol. The molecule has 5 nitrogen and oxygen atoms in total. The van der Waals surface area contributed by atoms with Crippen molar-refractivity contribution in [3.63, 3.8) is 0 Å². The maximum Gasteiger partial charge on any atom is 0.321 e. The number of hydrogen-bond donors (Lipinski definition) is 2. The first-order valence-electron chi connectivity index (χ1n) is 9.07. The number of rotatable bonds is 4. The van der Waals surface area contributed by atoms with Gasteiger partial charge in [-0.1, -0.05) is 42.0 Å². The minimum atomic E-state index is -0.153. The number of urea groups is 1. The van der Waals surface area contributed by atoms with Crippen molar-refractivity contribution in [1.82, 2.24) is 10.2 Å². The third-order valence-corrected chi connectivity index (χ3v) is 4.68. The molecule has 5 heteroatoms. The van der Waals surface area contributed by atoms with E-state index in [1.165, 1.54) is 5.56 Å². The lowest BCUT2D eigenvalue weighted by molar-refractivity contribution is -0.124. The largest absolute Gasteiger partial charge is 0.356 e. The van der Waals surface area contributed by atoms with Crippen LogP contribution >= 0.6 is 0 Å². The van der Waals surface area contributed by atoms with Crippen molar-refractivity contribution in [3.8, 4) is 11.1 Å². The molecule has 0 unspecified atom stereocenters. The third kappa shape index (κ3) is 4.23. The highest BCUT2D eigenvalue weighted by Crippen LogP contribution is 2.23. The molecule has 1 fully saturated rings. The molecule has 0 bridgehead atoms. The number of carbonyl (C=O) groups excluding carboxylic acids is 2. The molecule has 1 saturated heterocycles. The summed E-state index contributed by atoms with van der Waals surface area (Å²) in [5.41, 5.74) is 4.25. The minimum absolute atomic E-state index is 0.0327. The van der Waals surface area contributed by atoms with E-state index < -0.39 is 0 Å². The number of aryl methyl sites for hydroxylation is 1. The Bertz CT molecular complexity index is 786. The summed E-state index contributed by atoms with van der Waals surface area (Å²) >= 11 is 0. The smallest absolute Gasteiger partial charge is 0.321 e. The Labute approximate surface area is 154 Å². The van der Waals surface area contributed by atoms with Gasteiger partial charge in [-0.3, -0.25) is 4.79 Å². The molecule has 1 aliphatic heterocycles. The van der Waals surface area contributed by atoms with Crippen LogP contribution in [0.1, 0.15) is 18.9 Å². The van der Waals surface area contributed by atoms with Crippen LogP contribution in [0.15, 0.2) is 48.5 Å². The van der Waals surface area contributed by atoms with Crippen molar-refractivity contribution < 1.29 is 9.59 Å². The van der Waals surface area contributed by atoms with Crippen LogP contribution in [-0.2, 0) is 4.79 Å². The Balaban J connectivity index is 1.59. The molecule has 1 heterocycles. The van der Waals surface area contributed by atoms with Gasteiger partial charge in [0, 0.05) is 25.3 Å². The van der Waals surface area contributed by atoms with Crippen LogP contribution in [0.3, 0.4) is 0 Å². The molecule has 3 amide bonds. The van der Waals surface area contributed by atoms with E-state index in [9.17, 15) is 9.59 Å². The van der Waals surface area contributed by atoms with Crippen molar-refractivity contribution in [3.05, 3.63) is 54.1 Å². The highest BCUT2D eigenvalue weighted by molar-refractivity contribution is 5.90. The van der Waals surface area contributed by atoms with Gasteiger partial charge >= 0.3 is 6.03 Å². The van der Waals surface area contributed by atoms with Crippen LogP contribution in [0.4, 0.5) is 10.5 Å². The molecule has 136 valence electrons. The lowest BCUT2D eigenvalue weighted by Crippen LogP contribution is -2.36. The number of hydrogen-bond acceptors (Lipinski definition) is 2. The predicted octanol–water partition coefficient (Wildman–Crippen LogP) is 3.65. The van der Waals surface area contributed by atoms with Gasteiger partial charge in [0.15, 0.2) is 0 Å². The van der Waals surface area contributed by atoms with Crippen LogP contribution in [0.25, 0.3) is 11.1 Å². The molecule has 2 N–H and O–H groups in total. The zero-order valence-corrected chi connectivity index (χ0v) is 15.3. The van der Waals surface area contributed by atoms with E-state index >= 15 is 0 Å². The molecule has 0 saturated carbocycles. The summed E-state index contributed by atoms with van der Waals surface area (Å²) in [5.74, 6) is -0.0743. The standard InChI is InChI=1S/C21H25N3O2/c1-3-22-20(25)18-11-12-24(14-18)21(26)23-19-9-7-16(8-10-19)17-6-4-5-15(2)13-17/h4-10,13,18H,3,11-12,14H2,1-2H3,(H,22,25)(H,23,26)/t18-/m0/s1. The van der Waals surface area contributed by atoms with E-state index in [0.717, 1.165) is 16.8 Å². The normalized spacial score (nSPS) is 16.4. The maximum atomic E-state index is 12.4. The van der Waals surface area contributed by atoms with Gasteiger partial charge in [-0.15, -0.1) is 0 Å². The van der Waals surface area contributed by atoms with E-state index in [-0.39, 0.29) is 17.9 Å². The maximum absolute atomic E-state index is 12.4. The highest BCUT2D eigenvalue weighted by Gasteiger charge is 2.30. The topological polar surface area (TPSA) is 61.4 Å². The zero-order valence-electron chi connectivity index (χ0n) is 15.3. The Morgan fingerprint density at radius 1 is 1.12 bits per heavy atom. The predicted molar refractivity (Wildman–Crippen MR) is 104 cm³/mol. The summed E-state index contributed by atoms with van der Waals surface area (Å²) in [6.45, 7) is 5.67. The van der Waals surface area contributed by atoms with Gasteiger partial charge in [0.25, 0.3) is 0 Å². The van der Waals surface area contributed by atoms with Crippen LogP contribution in [0.5, 0.6) is 0 Å². The van der Waals surface area contributed by atoms with Crippen LogP contribution in [-0.4, -0.2) is 36.5 Å². The fraction of sp³-hybridized carbons (Fsp3) is 0.333. The van der Waals surface area contributed by atoms with E-state index in [1.54, 1.807) is 4.90 Å². The number of carbonyl (C=O) groups is 2. The molecule has 0 aliphatic carbocycles. The molecule has 1 atom stereocenters. The van der Waals surface area contributed by atoms with Gasteiger partial charge in [-0.05, 0) is 43.5 Å². The molecule has 3 rings (SSSR count). The SMILES string of the molecule is CCNC(=O)[C@H]1CCN(C(=O)Nc2ccc(-c3cccc(C)c3)cc2)C1. The fourth-order valence-electron chi connectivity index (χ4n) is 3.25. The van der Waals surface area contributed by atoms with E-state index in [0.29, 0.717) is 26.1 Å². The molecule has 1 aliphatic rings. The summed E-state index contributed by atoms with van der Waals surface area (Å²) in [7, 11) is 0. The van der Waals surface area contributed by atoms with Gasteiger partial charge in [0.2, 0.25) is 5.91 Å². The van der Waals surface area contributed by atoms with Crippen molar-refractivity contribution in [2.75, 3.05) is 25.0 Å². The summed E-state index contributed by atoms with van der Waals surface area (Å²) in [4.78, 5) is 26.0. The quantitative estimate of drug-likeness (QED) is 0.883. The number of anilines is 1.